The van der Waals surface area contributed by atoms with E-state index in [2.05, 4.69) is 0 Å². The molecule has 2 aromatic rings. The van der Waals surface area contributed by atoms with Crippen LogP contribution in [0.2, 0.25) is 0 Å². The first-order chi connectivity index (χ1) is 8.18. The predicted octanol–water partition coefficient (Wildman–Crippen LogP) is 4.19. The smallest absolute Gasteiger partial charge is 0.137 e. The highest BCUT2D eigenvalue weighted by Gasteiger charge is 2.15. The van der Waals surface area contributed by atoms with E-state index >= 15 is 0 Å². The fourth-order valence-corrected chi connectivity index (χ4v) is 1.94. The topological polar surface area (TPSA) is 20.2 Å². The van der Waals surface area contributed by atoms with Crippen molar-refractivity contribution in [2.24, 2.45) is 0 Å². The van der Waals surface area contributed by atoms with Crippen LogP contribution in [-0.2, 0) is 0 Å². The number of rotatable bonds is 3. The molecule has 0 aliphatic carbocycles. The molecule has 0 heterocycles. The molecule has 2 rings (SSSR count). The van der Waals surface area contributed by atoms with Gasteiger partial charge in [-0.25, -0.2) is 0 Å². The Balaban J connectivity index is 2.25. The quantitative estimate of drug-likeness (QED) is 0.826. The molecule has 2 aromatic carbocycles. The molecule has 0 fully saturated rings. The zero-order valence-electron chi connectivity index (χ0n) is 9.05. The molecule has 88 valence electrons. The van der Waals surface area contributed by atoms with Crippen molar-refractivity contribution < 1.29 is 5.11 Å². The van der Waals surface area contributed by atoms with Gasteiger partial charge in [0.15, 0.2) is 0 Å². The minimum absolute atomic E-state index is 0.722. The molecule has 0 unspecified atom stereocenters. The summed E-state index contributed by atoms with van der Waals surface area (Å²) in [5.41, 5.74) is 2.96. The third-order valence-corrected chi connectivity index (χ3v) is 3.08. The van der Waals surface area contributed by atoms with Crippen molar-refractivity contribution in [3.8, 4) is 11.1 Å². The van der Waals surface area contributed by atoms with Gasteiger partial charge >= 0.3 is 0 Å². The van der Waals surface area contributed by atoms with Crippen LogP contribution in [0.5, 0.6) is 0 Å². The molecule has 0 saturated carbocycles. The summed E-state index contributed by atoms with van der Waals surface area (Å²) in [4.78, 5) is -0.808. The molecule has 0 amide bonds. The van der Waals surface area contributed by atoms with Gasteiger partial charge in [-0.2, -0.15) is 0 Å². The average Bonchev–Trinajstić information content (AvgIpc) is 2.39. The van der Waals surface area contributed by atoms with Crippen molar-refractivity contribution >= 4 is 23.2 Å². The summed E-state index contributed by atoms with van der Waals surface area (Å²) < 4.78 is 0. The maximum Gasteiger partial charge on any atom is 0.137 e. The van der Waals surface area contributed by atoms with E-state index in [1.54, 1.807) is 0 Å². The van der Waals surface area contributed by atoms with Crippen LogP contribution < -0.4 is 0 Å². The van der Waals surface area contributed by atoms with E-state index in [1.165, 1.54) is 0 Å². The van der Waals surface area contributed by atoms with Crippen LogP contribution in [-0.4, -0.2) is 9.94 Å². The lowest BCUT2D eigenvalue weighted by atomic mass is 10.0. The van der Waals surface area contributed by atoms with Crippen LogP contribution in [0, 0.1) is 0 Å². The SMILES string of the molecule is O[C@@H](c1ccc(-c2ccccc2)cc1)C(Cl)Cl. The molecule has 0 bridgehead atoms. The Hall–Kier alpha value is -1.02. The van der Waals surface area contributed by atoms with E-state index in [0.717, 1.165) is 16.7 Å². The van der Waals surface area contributed by atoms with Gasteiger partial charge in [-0.3, -0.25) is 0 Å². The normalized spacial score (nSPS) is 12.7. The first kappa shape index (κ1) is 12.4. The molecule has 0 spiro atoms. The summed E-state index contributed by atoms with van der Waals surface area (Å²) >= 11 is 11.3. The zero-order valence-corrected chi connectivity index (χ0v) is 10.6. The van der Waals surface area contributed by atoms with Crippen molar-refractivity contribution in [2.75, 3.05) is 0 Å². The van der Waals surface area contributed by atoms with Gasteiger partial charge in [-0.1, -0.05) is 54.6 Å². The van der Waals surface area contributed by atoms with Crippen LogP contribution in [0.3, 0.4) is 0 Å². The van der Waals surface area contributed by atoms with Crippen molar-refractivity contribution in [3.63, 3.8) is 0 Å². The van der Waals surface area contributed by atoms with E-state index in [4.69, 9.17) is 23.2 Å². The Kier molecular flexibility index (Phi) is 4.06. The molecule has 17 heavy (non-hydrogen) atoms. The second-order valence-electron chi connectivity index (χ2n) is 3.77. The fourth-order valence-electron chi connectivity index (χ4n) is 1.65. The molecule has 1 atom stereocenters. The molecule has 1 N–H and O–H groups in total. The lowest BCUT2D eigenvalue weighted by molar-refractivity contribution is 0.193. The summed E-state index contributed by atoms with van der Waals surface area (Å²) in [6, 6.07) is 17.6. The van der Waals surface area contributed by atoms with Crippen LogP contribution in [0.15, 0.2) is 54.6 Å². The number of aliphatic hydroxyl groups is 1. The summed E-state index contributed by atoms with van der Waals surface area (Å²) in [6.07, 6.45) is -0.844. The third kappa shape index (κ3) is 3.01. The molecule has 0 aromatic heterocycles. The molecule has 0 saturated heterocycles. The highest BCUT2D eigenvalue weighted by molar-refractivity contribution is 6.44. The monoisotopic (exact) mass is 266 g/mol. The van der Waals surface area contributed by atoms with Crippen molar-refractivity contribution in [3.05, 3.63) is 60.2 Å². The maximum atomic E-state index is 9.70. The van der Waals surface area contributed by atoms with E-state index in [-0.39, 0.29) is 0 Å². The number of aliphatic hydroxyl groups excluding tert-OH is 1. The molecule has 3 heteroatoms. The number of hydrogen-bond donors (Lipinski definition) is 1. The Morgan fingerprint density at radius 3 is 1.82 bits per heavy atom. The van der Waals surface area contributed by atoms with Gasteiger partial charge in [0.1, 0.15) is 10.9 Å². The van der Waals surface area contributed by atoms with E-state index < -0.39 is 10.9 Å². The number of halogens is 2. The Morgan fingerprint density at radius 1 is 0.765 bits per heavy atom. The Morgan fingerprint density at radius 2 is 1.29 bits per heavy atom. The van der Waals surface area contributed by atoms with Gasteiger partial charge in [0.05, 0.1) is 0 Å². The first-order valence-electron chi connectivity index (χ1n) is 5.30. The summed E-state index contributed by atoms with van der Waals surface area (Å²) in [5.74, 6) is 0. The zero-order chi connectivity index (χ0) is 12.3. The van der Waals surface area contributed by atoms with Crippen molar-refractivity contribution in [1.82, 2.24) is 0 Å². The highest BCUT2D eigenvalue weighted by Crippen LogP contribution is 2.26. The highest BCUT2D eigenvalue weighted by atomic mass is 35.5. The first-order valence-corrected chi connectivity index (χ1v) is 6.17. The van der Waals surface area contributed by atoms with Gasteiger partial charge in [0.25, 0.3) is 0 Å². The Labute approximate surface area is 111 Å². The van der Waals surface area contributed by atoms with Crippen LogP contribution in [0.25, 0.3) is 11.1 Å². The van der Waals surface area contributed by atoms with Gasteiger partial charge in [0.2, 0.25) is 0 Å². The second kappa shape index (κ2) is 5.54. The summed E-state index contributed by atoms with van der Waals surface area (Å²) in [6.45, 7) is 0. The van der Waals surface area contributed by atoms with Gasteiger partial charge in [-0.05, 0) is 16.7 Å². The summed E-state index contributed by atoms with van der Waals surface area (Å²) in [5, 5.41) is 9.70. The van der Waals surface area contributed by atoms with Gasteiger partial charge in [-0.15, -0.1) is 23.2 Å². The predicted molar refractivity (Wildman–Crippen MR) is 72.3 cm³/mol. The minimum atomic E-state index is -0.844. The lowest BCUT2D eigenvalue weighted by Gasteiger charge is -2.12. The van der Waals surface area contributed by atoms with Crippen molar-refractivity contribution in [2.45, 2.75) is 10.9 Å². The van der Waals surface area contributed by atoms with Crippen LogP contribution in [0.4, 0.5) is 0 Å². The van der Waals surface area contributed by atoms with Crippen LogP contribution in [0.1, 0.15) is 11.7 Å². The van der Waals surface area contributed by atoms with E-state index in [9.17, 15) is 5.11 Å². The second-order valence-corrected chi connectivity index (χ2v) is 4.93. The molecular formula is C14H12Cl2O. The minimum Gasteiger partial charge on any atom is -0.386 e. The van der Waals surface area contributed by atoms with Crippen LogP contribution >= 0.6 is 23.2 Å². The number of alkyl halides is 2. The van der Waals surface area contributed by atoms with E-state index in [0.29, 0.717) is 0 Å². The Bertz CT molecular complexity index is 465. The number of benzene rings is 2. The number of hydrogen-bond acceptors (Lipinski definition) is 1. The van der Waals surface area contributed by atoms with Crippen molar-refractivity contribution in [1.29, 1.82) is 0 Å². The third-order valence-electron chi connectivity index (χ3n) is 2.60. The molecule has 0 aliphatic rings. The molecule has 0 radical (unpaired) electrons. The molecule has 1 nitrogen and oxygen atoms in total. The van der Waals surface area contributed by atoms with Gasteiger partial charge < -0.3 is 5.11 Å². The molecule has 0 aliphatic heterocycles. The van der Waals surface area contributed by atoms with Gasteiger partial charge in [0, 0.05) is 0 Å². The maximum absolute atomic E-state index is 9.70. The lowest BCUT2D eigenvalue weighted by Crippen LogP contribution is -2.05. The molecular weight excluding hydrogens is 255 g/mol. The fraction of sp³-hybridized carbons (Fsp3) is 0.143. The van der Waals surface area contributed by atoms with E-state index in [1.807, 2.05) is 54.6 Å². The summed E-state index contributed by atoms with van der Waals surface area (Å²) in [7, 11) is 0. The largest absolute Gasteiger partial charge is 0.386 e. The standard InChI is InChI=1S/C14H12Cl2O/c15-14(16)13(17)12-8-6-11(7-9-12)10-4-2-1-3-5-10/h1-9,13-14,17H/t13-/m0/s1. The average molecular weight is 267 g/mol.